The summed E-state index contributed by atoms with van der Waals surface area (Å²) in [7, 11) is 0. The number of ketones is 1. The van der Waals surface area contributed by atoms with E-state index in [4.69, 9.17) is 9.47 Å². The van der Waals surface area contributed by atoms with Crippen molar-refractivity contribution in [1.82, 2.24) is 0 Å². The summed E-state index contributed by atoms with van der Waals surface area (Å²) in [5.74, 6) is -1.08. The van der Waals surface area contributed by atoms with Gasteiger partial charge in [-0.1, -0.05) is 30.3 Å². The highest BCUT2D eigenvalue weighted by atomic mass is 16.6. The van der Waals surface area contributed by atoms with E-state index in [1.54, 1.807) is 0 Å². The first-order chi connectivity index (χ1) is 13.1. The number of carbonyl (C=O) groups excluding carboxylic acids is 2. The second kappa shape index (κ2) is 7.77. The third kappa shape index (κ3) is 3.61. The molecule has 1 aliphatic carbocycles. The van der Waals surface area contributed by atoms with Gasteiger partial charge in [-0.2, -0.15) is 0 Å². The Hall–Kier alpha value is -2.27. The summed E-state index contributed by atoms with van der Waals surface area (Å²) in [4.78, 5) is 30.4. The molecule has 2 aliphatic heterocycles. The molecule has 2 heterocycles. The molecule has 142 valence electrons. The maximum Gasteiger partial charge on any atom is 0.315 e. The lowest BCUT2D eigenvalue weighted by Crippen LogP contribution is -2.38. The average Bonchev–Trinajstić information content (AvgIpc) is 3.19. The third-order valence-corrected chi connectivity index (χ3v) is 5.68. The summed E-state index contributed by atoms with van der Waals surface area (Å²) in [5.41, 5.74) is 3.25. The van der Waals surface area contributed by atoms with Crippen LogP contribution in [0.25, 0.3) is 0 Å². The fraction of sp³-hybridized carbons (Fsp3) is 0.500. The molecule has 1 fully saturated rings. The SMILES string of the molecule is CC1=NC2=C(C(=O)CCC2)[C@H](c2ccccc2)C1C(=O)OC[C@H]1CCCO1. The van der Waals surface area contributed by atoms with Gasteiger partial charge in [-0.3, -0.25) is 14.6 Å². The minimum absolute atomic E-state index is 0.0175. The first kappa shape index (κ1) is 18.1. The van der Waals surface area contributed by atoms with Crippen molar-refractivity contribution in [3.8, 4) is 0 Å². The van der Waals surface area contributed by atoms with Gasteiger partial charge in [0, 0.05) is 35.9 Å². The fourth-order valence-corrected chi connectivity index (χ4v) is 4.37. The molecule has 0 spiro atoms. The van der Waals surface area contributed by atoms with Crippen LogP contribution in [-0.2, 0) is 19.1 Å². The number of benzene rings is 1. The van der Waals surface area contributed by atoms with E-state index >= 15 is 0 Å². The molecule has 3 atom stereocenters. The van der Waals surface area contributed by atoms with E-state index in [0.717, 1.165) is 49.3 Å². The highest BCUT2D eigenvalue weighted by Gasteiger charge is 2.43. The highest BCUT2D eigenvalue weighted by molar-refractivity contribution is 6.08. The predicted molar refractivity (Wildman–Crippen MR) is 102 cm³/mol. The van der Waals surface area contributed by atoms with Crippen molar-refractivity contribution in [3.63, 3.8) is 0 Å². The van der Waals surface area contributed by atoms with Gasteiger partial charge in [0.2, 0.25) is 0 Å². The Balaban J connectivity index is 1.66. The first-order valence-corrected chi connectivity index (χ1v) is 9.79. The number of ether oxygens (including phenoxy) is 2. The van der Waals surface area contributed by atoms with Gasteiger partial charge in [0.1, 0.15) is 12.5 Å². The third-order valence-electron chi connectivity index (χ3n) is 5.68. The summed E-state index contributed by atoms with van der Waals surface area (Å²) in [6.45, 7) is 2.87. The molecule has 5 heteroatoms. The smallest absolute Gasteiger partial charge is 0.315 e. The number of rotatable bonds is 4. The van der Waals surface area contributed by atoms with Crippen molar-refractivity contribution >= 4 is 17.5 Å². The molecule has 1 aromatic rings. The van der Waals surface area contributed by atoms with Gasteiger partial charge in [0.25, 0.3) is 0 Å². The summed E-state index contributed by atoms with van der Waals surface area (Å²) >= 11 is 0. The standard InChI is InChI=1S/C22H25NO4/c1-14-19(22(25)27-13-16-9-6-12-26-16)20(15-7-3-2-4-8-15)21-17(23-14)10-5-11-18(21)24/h2-4,7-8,16,19-20H,5-6,9-13H2,1H3/t16-,19?,20-/m1/s1. The number of esters is 1. The van der Waals surface area contributed by atoms with Gasteiger partial charge in [-0.15, -0.1) is 0 Å². The normalized spacial score (nSPS) is 28.0. The molecule has 0 bridgehead atoms. The zero-order chi connectivity index (χ0) is 18.8. The molecule has 0 amide bonds. The summed E-state index contributed by atoms with van der Waals surface area (Å²) in [5, 5.41) is 0. The molecule has 5 nitrogen and oxygen atoms in total. The Morgan fingerprint density at radius 1 is 1.22 bits per heavy atom. The van der Waals surface area contributed by atoms with E-state index in [0.29, 0.717) is 12.0 Å². The fourth-order valence-electron chi connectivity index (χ4n) is 4.37. The number of aliphatic imine (C=N–C) groups is 1. The largest absolute Gasteiger partial charge is 0.462 e. The van der Waals surface area contributed by atoms with Gasteiger partial charge in [0.05, 0.1) is 6.10 Å². The van der Waals surface area contributed by atoms with Crippen molar-refractivity contribution in [3.05, 3.63) is 47.2 Å². The molecule has 0 N–H and O–H groups in total. The number of Topliss-reactive ketones (excluding diaryl/α,β-unsaturated/α-hetero) is 1. The Labute approximate surface area is 159 Å². The molecular weight excluding hydrogens is 342 g/mol. The maximum atomic E-state index is 13.0. The molecule has 1 saturated heterocycles. The van der Waals surface area contributed by atoms with Crippen LogP contribution in [0, 0.1) is 5.92 Å². The van der Waals surface area contributed by atoms with E-state index < -0.39 is 5.92 Å². The average molecular weight is 367 g/mol. The Morgan fingerprint density at radius 3 is 2.78 bits per heavy atom. The zero-order valence-electron chi connectivity index (χ0n) is 15.6. The van der Waals surface area contributed by atoms with Crippen LogP contribution in [-0.4, -0.2) is 36.8 Å². The summed E-state index contributed by atoms with van der Waals surface area (Å²) < 4.78 is 11.2. The lowest BCUT2D eigenvalue weighted by Gasteiger charge is -2.34. The van der Waals surface area contributed by atoms with Crippen LogP contribution in [0.4, 0.5) is 0 Å². The second-order valence-electron chi connectivity index (χ2n) is 7.52. The zero-order valence-corrected chi connectivity index (χ0v) is 15.6. The second-order valence-corrected chi connectivity index (χ2v) is 7.52. The molecule has 1 aromatic carbocycles. The number of hydrogen-bond acceptors (Lipinski definition) is 5. The minimum Gasteiger partial charge on any atom is -0.462 e. The number of allylic oxidation sites excluding steroid dienone is 2. The van der Waals surface area contributed by atoms with Gasteiger partial charge < -0.3 is 9.47 Å². The molecule has 0 radical (unpaired) electrons. The van der Waals surface area contributed by atoms with Crippen molar-refractivity contribution in [1.29, 1.82) is 0 Å². The number of hydrogen-bond donors (Lipinski definition) is 0. The van der Waals surface area contributed by atoms with Gasteiger partial charge in [-0.05, 0) is 38.2 Å². The minimum atomic E-state index is -0.561. The molecule has 0 aromatic heterocycles. The molecule has 4 rings (SSSR count). The summed E-state index contributed by atoms with van der Waals surface area (Å²) in [6.07, 6.45) is 4.04. The van der Waals surface area contributed by atoms with E-state index in [2.05, 4.69) is 4.99 Å². The summed E-state index contributed by atoms with van der Waals surface area (Å²) in [6, 6.07) is 9.79. The molecule has 1 unspecified atom stereocenters. The monoisotopic (exact) mass is 367 g/mol. The lowest BCUT2D eigenvalue weighted by molar-refractivity contribution is -0.149. The van der Waals surface area contributed by atoms with Gasteiger partial charge in [-0.25, -0.2) is 0 Å². The van der Waals surface area contributed by atoms with Crippen LogP contribution in [0.1, 0.15) is 50.5 Å². The van der Waals surface area contributed by atoms with Crippen LogP contribution in [0.3, 0.4) is 0 Å². The Kier molecular flexibility index (Phi) is 5.21. The Bertz CT molecular complexity index is 790. The van der Waals surface area contributed by atoms with E-state index in [1.165, 1.54) is 0 Å². The maximum absolute atomic E-state index is 13.0. The first-order valence-electron chi connectivity index (χ1n) is 9.79. The van der Waals surface area contributed by atoms with E-state index in [9.17, 15) is 9.59 Å². The van der Waals surface area contributed by atoms with E-state index in [-0.39, 0.29) is 30.4 Å². The van der Waals surface area contributed by atoms with Crippen molar-refractivity contribution in [2.24, 2.45) is 10.9 Å². The Morgan fingerprint density at radius 2 is 2.04 bits per heavy atom. The van der Waals surface area contributed by atoms with E-state index in [1.807, 2.05) is 37.3 Å². The van der Waals surface area contributed by atoms with Crippen LogP contribution in [0.15, 0.2) is 46.6 Å². The van der Waals surface area contributed by atoms with Crippen molar-refractivity contribution in [2.75, 3.05) is 13.2 Å². The van der Waals surface area contributed by atoms with Crippen LogP contribution in [0.2, 0.25) is 0 Å². The molecule has 0 saturated carbocycles. The highest BCUT2D eigenvalue weighted by Crippen LogP contribution is 2.43. The molecule has 27 heavy (non-hydrogen) atoms. The van der Waals surface area contributed by atoms with Gasteiger partial charge >= 0.3 is 5.97 Å². The predicted octanol–water partition coefficient (Wildman–Crippen LogP) is 3.59. The molecule has 3 aliphatic rings. The van der Waals surface area contributed by atoms with Crippen LogP contribution < -0.4 is 0 Å². The van der Waals surface area contributed by atoms with Crippen molar-refractivity contribution in [2.45, 2.75) is 51.0 Å². The van der Waals surface area contributed by atoms with Crippen LogP contribution in [0.5, 0.6) is 0 Å². The number of carbonyl (C=O) groups is 2. The number of nitrogens with zero attached hydrogens (tertiary/aromatic N) is 1. The molecular formula is C22H25NO4. The lowest BCUT2D eigenvalue weighted by atomic mass is 9.72. The topological polar surface area (TPSA) is 65.0 Å². The quantitative estimate of drug-likeness (QED) is 0.763. The van der Waals surface area contributed by atoms with Crippen LogP contribution >= 0.6 is 0 Å². The van der Waals surface area contributed by atoms with Crippen molar-refractivity contribution < 1.29 is 19.1 Å². The van der Waals surface area contributed by atoms with Gasteiger partial charge in [0.15, 0.2) is 5.78 Å².